The molecular weight excluding hydrogens is 278 g/mol. The van der Waals surface area contributed by atoms with Crippen LogP contribution in [0, 0.1) is 5.92 Å². The van der Waals surface area contributed by atoms with Gasteiger partial charge in [-0.25, -0.2) is 4.68 Å². The molecule has 1 aliphatic heterocycles. The van der Waals surface area contributed by atoms with Crippen LogP contribution in [0.2, 0.25) is 0 Å². The molecule has 0 spiro atoms. The molecule has 1 aliphatic carbocycles. The average Bonchev–Trinajstić information content (AvgIpc) is 3.23. The van der Waals surface area contributed by atoms with Gasteiger partial charge < -0.3 is 10.5 Å². The van der Waals surface area contributed by atoms with Crippen molar-refractivity contribution in [3.63, 3.8) is 0 Å². The van der Waals surface area contributed by atoms with Crippen LogP contribution in [0.3, 0.4) is 0 Å². The standard InChI is InChI=1S/C17H19N3O2/c18-9-14-8-15(19-20(17(14)21)10-11-1-2-11)12-3-4-16-13(7-12)5-6-22-16/h3-4,7-8,11H,1-2,5-6,9-10,18H2. The predicted octanol–water partition coefficient (Wildman–Crippen LogP) is 1.71. The summed E-state index contributed by atoms with van der Waals surface area (Å²) in [6.45, 7) is 1.68. The van der Waals surface area contributed by atoms with Crippen LogP contribution in [0.25, 0.3) is 11.3 Å². The maximum absolute atomic E-state index is 12.3. The van der Waals surface area contributed by atoms with Crippen LogP contribution in [-0.4, -0.2) is 16.4 Å². The van der Waals surface area contributed by atoms with Gasteiger partial charge in [-0.05, 0) is 48.6 Å². The van der Waals surface area contributed by atoms with E-state index in [1.165, 1.54) is 18.4 Å². The number of benzene rings is 1. The second-order valence-corrected chi connectivity index (χ2v) is 6.11. The van der Waals surface area contributed by atoms with E-state index in [0.717, 1.165) is 30.0 Å². The zero-order valence-electron chi connectivity index (χ0n) is 12.4. The van der Waals surface area contributed by atoms with Crippen molar-refractivity contribution in [2.24, 2.45) is 11.7 Å². The van der Waals surface area contributed by atoms with Crippen LogP contribution in [0.15, 0.2) is 29.1 Å². The Hall–Kier alpha value is -2.14. The minimum Gasteiger partial charge on any atom is -0.493 e. The Labute approximate surface area is 128 Å². The Morgan fingerprint density at radius 1 is 1.32 bits per heavy atom. The lowest BCUT2D eigenvalue weighted by atomic mass is 10.1. The number of aromatic nitrogens is 2. The van der Waals surface area contributed by atoms with Crippen LogP contribution in [-0.2, 0) is 19.5 Å². The van der Waals surface area contributed by atoms with E-state index in [2.05, 4.69) is 11.2 Å². The maximum Gasteiger partial charge on any atom is 0.271 e. The quantitative estimate of drug-likeness (QED) is 0.932. The van der Waals surface area contributed by atoms with Crippen molar-refractivity contribution in [3.05, 3.63) is 45.7 Å². The molecule has 1 aromatic heterocycles. The summed E-state index contributed by atoms with van der Waals surface area (Å²) < 4.78 is 7.14. The summed E-state index contributed by atoms with van der Waals surface area (Å²) in [5, 5.41) is 4.56. The molecule has 2 N–H and O–H groups in total. The number of nitrogens with two attached hydrogens (primary N) is 1. The van der Waals surface area contributed by atoms with Gasteiger partial charge in [0, 0.05) is 30.6 Å². The number of fused-ring (bicyclic) bond motifs is 1. The van der Waals surface area contributed by atoms with Crippen LogP contribution >= 0.6 is 0 Å². The van der Waals surface area contributed by atoms with Crippen molar-refractivity contribution < 1.29 is 4.74 Å². The highest BCUT2D eigenvalue weighted by Gasteiger charge is 2.23. The molecule has 5 nitrogen and oxygen atoms in total. The van der Waals surface area contributed by atoms with Crippen molar-refractivity contribution in [2.45, 2.75) is 32.4 Å². The van der Waals surface area contributed by atoms with Gasteiger partial charge in [0.15, 0.2) is 0 Å². The third-order valence-corrected chi connectivity index (χ3v) is 4.38. The summed E-state index contributed by atoms with van der Waals surface area (Å²) in [6, 6.07) is 7.91. The average molecular weight is 297 g/mol. The van der Waals surface area contributed by atoms with Crippen LogP contribution < -0.4 is 16.0 Å². The van der Waals surface area contributed by atoms with Crippen molar-refractivity contribution in [1.29, 1.82) is 0 Å². The van der Waals surface area contributed by atoms with Gasteiger partial charge >= 0.3 is 0 Å². The zero-order chi connectivity index (χ0) is 15.1. The van der Waals surface area contributed by atoms with Gasteiger partial charge in [-0.15, -0.1) is 0 Å². The molecule has 22 heavy (non-hydrogen) atoms. The molecule has 114 valence electrons. The molecule has 1 aromatic carbocycles. The van der Waals surface area contributed by atoms with E-state index in [1.807, 2.05) is 18.2 Å². The molecule has 4 rings (SSSR count). The highest BCUT2D eigenvalue weighted by molar-refractivity contribution is 5.62. The first-order valence-corrected chi connectivity index (χ1v) is 7.82. The molecule has 2 aromatic rings. The van der Waals surface area contributed by atoms with E-state index in [-0.39, 0.29) is 12.1 Å². The van der Waals surface area contributed by atoms with Gasteiger partial charge in [0.25, 0.3) is 5.56 Å². The van der Waals surface area contributed by atoms with E-state index in [0.29, 0.717) is 18.0 Å². The zero-order valence-corrected chi connectivity index (χ0v) is 12.4. The lowest BCUT2D eigenvalue weighted by Gasteiger charge is -2.10. The lowest BCUT2D eigenvalue weighted by molar-refractivity contribution is 0.357. The number of hydrogen-bond acceptors (Lipinski definition) is 4. The molecule has 0 radical (unpaired) electrons. The van der Waals surface area contributed by atoms with Gasteiger partial charge in [-0.2, -0.15) is 5.10 Å². The molecule has 0 amide bonds. The number of hydrogen-bond donors (Lipinski definition) is 1. The summed E-state index contributed by atoms with van der Waals surface area (Å²) in [4.78, 5) is 12.3. The molecule has 0 atom stereocenters. The van der Waals surface area contributed by atoms with Gasteiger partial charge in [-0.1, -0.05) is 0 Å². The van der Waals surface area contributed by atoms with Crippen LogP contribution in [0.1, 0.15) is 24.0 Å². The van der Waals surface area contributed by atoms with E-state index in [4.69, 9.17) is 10.5 Å². The smallest absolute Gasteiger partial charge is 0.271 e. The summed E-state index contributed by atoms with van der Waals surface area (Å²) in [6.07, 6.45) is 3.30. The van der Waals surface area contributed by atoms with Crippen molar-refractivity contribution in [3.8, 4) is 17.0 Å². The van der Waals surface area contributed by atoms with E-state index >= 15 is 0 Å². The molecular formula is C17H19N3O2. The van der Waals surface area contributed by atoms with Crippen molar-refractivity contribution >= 4 is 0 Å². The Bertz CT molecular complexity index is 778. The maximum atomic E-state index is 12.3. The normalized spacial score (nSPS) is 16.4. The number of ether oxygens (including phenoxy) is 1. The Morgan fingerprint density at radius 2 is 2.18 bits per heavy atom. The topological polar surface area (TPSA) is 70.1 Å². The SMILES string of the molecule is NCc1cc(-c2ccc3c(c2)CCO3)nn(CC2CC2)c1=O. The molecule has 2 aliphatic rings. The Morgan fingerprint density at radius 3 is 2.95 bits per heavy atom. The first-order chi connectivity index (χ1) is 10.7. The van der Waals surface area contributed by atoms with E-state index < -0.39 is 0 Å². The van der Waals surface area contributed by atoms with Crippen LogP contribution in [0.5, 0.6) is 5.75 Å². The predicted molar refractivity (Wildman–Crippen MR) is 83.7 cm³/mol. The van der Waals surface area contributed by atoms with Gasteiger partial charge in [0.2, 0.25) is 0 Å². The second-order valence-electron chi connectivity index (χ2n) is 6.11. The third-order valence-electron chi connectivity index (χ3n) is 4.38. The number of rotatable bonds is 4. The van der Waals surface area contributed by atoms with Gasteiger partial charge in [0.1, 0.15) is 5.75 Å². The fourth-order valence-electron chi connectivity index (χ4n) is 2.90. The minimum atomic E-state index is -0.0531. The van der Waals surface area contributed by atoms with Gasteiger partial charge in [0.05, 0.1) is 12.3 Å². The summed E-state index contributed by atoms with van der Waals surface area (Å²) in [5.41, 5.74) is 9.35. The monoisotopic (exact) mass is 297 g/mol. The molecule has 5 heteroatoms. The first-order valence-electron chi connectivity index (χ1n) is 7.82. The van der Waals surface area contributed by atoms with Crippen molar-refractivity contribution in [2.75, 3.05) is 6.61 Å². The van der Waals surface area contributed by atoms with E-state index in [9.17, 15) is 4.79 Å². The van der Waals surface area contributed by atoms with Crippen molar-refractivity contribution in [1.82, 2.24) is 9.78 Å². The Kier molecular flexibility index (Phi) is 3.22. The number of nitrogens with zero attached hydrogens (tertiary/aromatic N) is 2. The van der Waals surface area contributed by atoms with E-state index in [1.54, 1.807) is 4.68 Å². The fourth-order valence-corrected chi connectivity index (χ4v) is 2.90. The minimum absolute atomic E-state index is 0.0531. The summed E-state index contributed by atoms with van der Waals surface area (Å²) in [5.74, 6) is 1.55. The molecule has 0 unspecified atom stereocenters. The second kappa shape index (κ2) is 5.25. The lowest BCUT2D eigenvalue weighted by Crippen LogP contribution is -2.28. The molecule has 1 saturated carbocycles. The fraction of sp³-hybridized carbons (Fsp3) is 0.412. The largest absolute Gasteiger partial charge is 0.493 e. The Balaban J connectivity index is 1.78. The molecule has 0 bridgehead atoms. The highest BCUT2D eigenvalue weighted by Crippen LogP contribution is 2.31. The molecule has 2 heterocycles. The third kappa shape index (κ3) is 2.41. The molecule has 1 fully saturated rings. The summed E-state index contributed by atoms with van der Waals surface area (Å²) >= 11 is 0. The van der Waals surface area contributed by atoms with Gasteiger partial charge in [-0.3, -0.25) is 4.79 Å². The van der Waals surface area contributed by atoms with Crippen LogP contribution in [0.4, 0.5) is 0 Å². The first kappa shape index (κ1) is 13.5. The molecule has 0 saturated heterocycles. The highest BCUT2D eigenvalue weighted by atomic mass is 16.5. The summed E-state index contributed by atoms with van der Waals surface area (Å²) in [7, 11) is 0.